The van der Waals surface area contributed by atoms with Gasteiger partial charge in [-0.2, -0.15) is 0 Å². The monoisotopic (exact) mass is 290 g/mol. The normalized spacial score (nSPS) is 10.0. The van der Waals surface area contributed by atoms with E-state index < -0.39 is 0 Å². The lowest BCUT2D eigenvalue weighted by Crippen LogP contribution is -1.91. The molecule has 1 nitrogen and oxygen atoms in total. The van der Waals surface area contributed by atoms with Gasteiger partial charge in [0.25, 0.3) is 0 Å². The van der Waals surface area contributed by atoms with Gasteiger partial charge in [-0.25, -0.2) is 0 Å². The third kappa shape index (κ3) is 3.63. The smallest absolute Gasteiger partial charge is 0.127 e. The van der Waals surface area contributed by atoms with Gasteiger partial charge in [0.05, 0.1) is 0 Å². The van der Waals surface area contributed by atoms with Gasteiger partial charge in [0, 0.05) is 21.2 Å². The van der Waals surface area contributed by atoms with Crippen LogP contribution in [0, 0.1) is 0 Å². The summed E-state index contributed by atoms with van der Waals surface area (Å²) >= 11 is 11.9. The third-order valence-electron chi connectivity index (χ3n) is 2.54. The van der Waals surface area contributed by atoms with Crippen molar-refractivity contribution in [3.8, 4) is 0 Å². The summed E-state index contributed by atoms with van der Waals surface area (Å²) in [5.74, 6) is 0.986. The maximum absolute atomic E-state index is 5.93. The van der Waals surface area contributed by atoms with Crippen LogP contribution < -0.4 is 0 Å². The van der Waals surface area contributed by atoms with E-state index in [1.165, 1.54) is 0 Å². The molecule has 0 amide bonds. The maximum atomic E-state index is 5.93. The summed E-state index contributed by atoms with van der Waals surface area (Å²) in [6, 6.07) is 14.6. The Morgan fingerprint density at radius 2 is 1.21 bits per heavy atom. The second-order valence-corrected chi connectivity index (χ2v) is 4.84. The van der Waals surface area contributed by atoms with Crippen molar-refractivity contribution in [2.45, 2.75) is 0 Å². The quantitative estimate of drug-likeness (QED) is 0.661. The fraction of sp³-hybridized carbons (Fsp3) is 0. The highest BCUT2D eigenvalue weighted by molar-refractivity contribution is 6.31. The Labute approximate surface area is 122 Å². The fourth-order valence-corrected chi connectivity index (χ4v) is 1.97. The van der Waals surface area contributed by atoms with Crippen molar-refractivity contribution in [1.82, 2.24) is 0 Å². The van der Waals surface area contributed by atoms with Crippen molar-refractivity contribution >= 4 is 34.7 Å². The van der Waals surface area contributed by atoms with Gasteiger partial charge in [0.15, 0.2) is 0 Å². The van der Waals surface area contributed by atoms with Crippen molar-refractivity contribution < 1.29 is 4.74 Å². The van der Waals surface area contributed by atoms with Crippen LogP contribution in [-0.2, 0) is 4.74 Å². The van der Waals surface area contributed by atoms with Crippen molar-refractivity contribution in [2.24, 2.45) is 0 Å². The van der Waals surface area contributed by atoms with Crippen LogP contribution in [0.3, 0.4) is 0 Å². The van der Waals surface area contributed by atoms with Crippen molar-refractivity contribution in [2.75, 3.05) is 0 Å². The molecular weight excluding hydrogens is 279 g/mol. The molecule has 0 aliphatic heterocycles. The van der Waals surface area contributed by atoms with Gasteiger partial charge >= 0.3 is 0 Å². The number of hydrogen-bond acceptors (Lipinski definition) is 1. The summed E-state index contributed by atoms with van der Waals surface area (Å²) in [5.41, 5.74) is 1.63. The lowest BCUT2D eigenvalue weighted by Gasteiger charge is -2.12. The second kappa shape index (κ2) is 5.96. The van der Waals surface area contributed by atoms with Crippen molar-refractivity contribution in [1.29, 1.82) is 0 Å². The molecule has 3 heteroatoms. The number of halogens is 2. The lowest BCUT2D eigenvalue weighted by atomic mass is 10.2. The number of rotatable bonds is 4. The minimum absolute atomic E-state index is 0.493. The van der Waals surface area contributed by atoms with Gasteiger partial charge in [0.2, 0.25) is 0 Å². The Hall–Kier alpha value is -1.70. The van der Waals surface area contributed by atoms with E-state index in [1.807, 2.05) is 24.3 Å². The minimum atomic E-state index is 0.493. The van der Waals surface area contributed by atoms with Gasteiger partial charge < -0.3 is 4.74 Å². The average Bonchev–Trinajstić information content (AvgIpc) is 2.38. The molecule has 0 spiro atoms. The predicted molar refractivity (Wildman–Crippen MR) is 82.1 cm³/mol. The van der Waals surface area contributed by atoms with Crippen LogP contribution >= 0.6 is 23.2 Å². The first-order chi connectivity index (χ1) is 9.06. The molecule has 0 N–H and O–H groups in total. The van der Waals surface area contributed by atoms with Crippen LogP contribution in [0.2, 0.25) is 10.0 Å². The molecule has 2 rings (SSSR count). The SMILES string of the molecule is C=C(OC(=C)c1cccc(Cl)c1)c1cccc(Cl)c1. The summed E-state index contributed by atoms with van der Waals surface area (Å²) in [6.45, 7) is 7.76. The molecular formula is C16H12Cl2O. The van der Waals surface area contributed by atoms with Gasteiger partial charge in [-0.05, 0) is 24.3 Å². The summed E-state index contributed by atoms with van der Waals surface area (Å²) in [5, 5.41) is 1.27. The highest BCUT2D eigenvalue weighted by Crippen LogP contribution is 2.25. The molecule has 0 atom stereocenters. The summed E-state index contributed by atoms with van der Waals surface area (Å²) in [7, 11) is 0. The summed E-state index contributed by atoms with van der Waals surface area (Å²) in [4.78, 5) is 0. The van der Waals surface area contributed by atoms with Crippen LogP contribution in [0.1, 0.15) is 11.1 Å². The Kier molecular flexibility index (Phi) is 4.31. The summed E-state index contributed by atoms with van der Waals surface area (Å²) < 4.78 is 5.63. The van der Waals surface area contributed by atoms with E-state index >= 15 is 0 Å². The molecule has 0 fully saturated rings. The first-order valence-corrected chi connectivity index (χ1v) is 6.39. The van der Waals surface area contributed by atoms with E-state index in [0.717, 1.165) is 11.1 Å². The molecule has 0 bridgehead atoms. The van der Waals surface area contributed by atoms with Gasteiger partial charge in [-0.1, -0.05) is 60.6 Å². The Morgan fingerprint density at radius 1 is 0.789 bits per heavy atom. The molecule has 2 aromatic carbocycles. The molecule has 2 aromatic rings. The van der Waals surface area contributed by atoms with Crippen LogP contribution in [-0.4, -0.2) is 0 Å². The number of hydrogen-bond donors (Lipinski definition) is 0. The Morgan fingerprint density at radius 3 is 1.58 bits per heavy atom. The zero-order chi connectivity index (χ0) is 13.8. The van der Waals surface area contributed by atoms with Crippen LogP contribution in [0.5, 0.6) is 0 Å². The highest BCUT2D eigenvalue weighted by atomic mass is 35.5. The molecule has 0 aromatic heterocycles. The summed E-state index contributed by atoms with van der Waals surface area (Å²) in [6.07, 6.45) is 0. The van der Waals surface area contributed by atoms with E-state index in [4.69, 9.17) is 27.9 Å². The van der Waals surface area contributed by atoms with E-state index in [2.05, 4.69) is 13.2 Å². The van der Waals surface area contributed by atoms with Crippen LogP contribution in [0.4, 0.5) is 0 Å². The Balaban J connectivity index is 2.13. The molecule has 0 aliphatic carbocycles. The van der Waals surface area contributed by atoms with Crippen molar-refractivity contribution in [3.63, 3.8) is 0 Å². The fourth-order valence-electron chi connectivity index (χ4n) is 1.59. The first-order valence-electron chi connectivity index (χ1n) is 5.64. The van der Waals surface area contributed by atoms with E-state index in [0.29, 0.717) is 21.6 Å². The molecule has 0 saturated carbocycles. The molecule has 0 heterocycles. The first kappa shape index (κ1) is 13.7. The topological polar surface area (TPSA) is 9.23 Å². The van der Waals surface area contributed by atoms with Crippen molar-refractivity contribution in [3.05, 3.63) is 82.9 Å². The molecule has 19 heavy (non-hydrogen) atoms. The highest BCUT2D eigenvalue weighted by Gasteiger charge is 2.06. The standard InChI is InChI=1S/C16H12Cl2O/c1-11(13-5-3-7-15(17)9-13)19-12(2)14-6-4-8-16(18)10-14/h3-10H,1-2H2. The zero-order valence-electron chi connectivity index (χ0n) is 10.2. The van der Waals surface area contributed by atoms with Gasteiger partial charge in [0.1, 0.15) is 11.5 Å². The Bertz CT molecular complexity index is 577. The maximum Gasteiger partial charge on any atom is 0.127 e. The van der Waals surface area contributed by atoms with Gasteiger partial charge in [-0.15, -0.1) is 0 Å². The molecule has 0 unspecified atom stereocenters. The zero-order valence-corrected chi connectivity index (χ0v) is 11.7. The second-order valence-electron chi connectivity index (χ2n) is 3.97. The molecule has 0 saturated heterocycles. The number of benzene rings is 2. The van der Waals surface area contributed by atoms with Crippen LogP contribution in [0.15, 0.2) is 61.7 Å². The predicted octanol–water partition coefficient (Wildman–Crippen LogP) is 5.65. The number of ether oxygens (including phenoxy) is 1. The lowest BCUT2D eigenvalue weighted by molar-refractivity contribution is 0.474. The van der Waals surface area contributed by atoms with E-state index in [1.54, 1.807) is 24.3 Å². The minimum Gasteiger partial charge on any atom is -0.457 e. The molecule has 96 valence electrons. The molecule has 0 radical (unpaired) electrons. The van der Waals surface area contributed by atoms with Crippen LogP contribution in [0.25, 0.3) is 11.5 Å². The largest absolute Gasteiger partial charge is 0.457 e. The van der Waals surface area contributed by atoms with Gasteiger partial charge in [-0.3, -0.25) is 0 Å². The van der Waals surface area contributed by atoms with E-state index in [9.17, 15) is 0 Å². The average molecular weight is 291 g/mol. The molecule has 0 aliphatic rings. The van der Waals surface area contributed by atoms with E-state index in [-0.39, 0.29) is 0 Å². The third-order valence-corrected chi connectivity index (χ3v) is 3.01.